The summed E-state index contributed by atoms with van der Waals surface area (Å²) in [5.74, 6) is -0.207. The highest BCUT2D eigenvalue weighted by Crippen LogP contribution is 2.33. The molecule has 0 bridgehead atoms. The number of halogens is 3. The fourth-order valence-electron chi connectivity index (χ4n) is 4.46. The molecule has 0 spiro atoms. The van der Waals surface area contributed by atoms with E-state index in [1.807, 2.05) is 4.90 Å². The Morgan fingerprint density at radius 2 is 1.73 bits per heavy atom. The number of nitrogens with zero attached hydrogens (tertiary/aromatic N) is 3. The molecule has 2 saturated heterocycles. The normalized spacial score (nSPS) is 21.8. The molecule has 2 aromatic rings. The molecule has 1 aromatic carbocycles. The van der Waals surface area contributed by atoms with Crippen LogP contribution in [0.25, 0.3) is 0 Å². The zero-order valence-electron chi connectivity index (χ0n) is 16.3. The van der Waals surface area contributed by atoms with E-state index in [1.165, 1.54) is 12.1 Å². The van der Waals surface area contributed by atoms with Gasteiger partial charge in [-0.15, -0.1) is 0 Å². The van der Waals surface area contributed by atoms with Crippen LogP contribution >= 0.6 is 0 Å². The van der Waals surface area contributed by atoms with Crippen LogP contribution in [0.15, 0.2) is 48.7 Å². The largest absolute Gasteiger partial charge is 0.416 e. The van der Waals surface area contributed by atoms with E-state index in [0.717, 1.165) is 25.0 Å². The average Bonchev–Trinajstić information content (AvgIpc) is 2.77. The van der Waals surface area contributed by atoms with E-state index in [-0.39, 0.29) is 29.3 Å². The Labute approximate surface area is 172 Å². The first kappa shape index (κ1) is 20.4. The Morgan fingerprint density at radius 1 is 0.967 bits per heavy atom. The van der Waals surface area contributed by atoms with Crippen LogP contribution in [-0.4, -0.2) is 52.3 Å². The van der Waals surface area contributed by atoms with Crippen molar-refractivity contribution in [2.24, 2.45) is 5.92 Å². The van der Waals surface area contributed by atoms with Crippen LogP contribution < -0.4 is 0 Å². The summed E-state index contributed by atoms with van der Waals surface area (Å²) in [6.07, 6.45) is -0.420. The minimum absolute atomic E-state index is 0.0462. The Kier molecular flexibility index (Phi) is 5.49. The SMILES string of the molecule is O=C(c1ccc(C(F)(F)F)cc1)N1CC[C@H]2[C@H](CCCN2C(=O)c2ccccn2)C1. The number of aromatic nitrogens is 1. The Hall–Kier alpha value is -2.90. The number of piperidine rings is 2. The predicted molar refractivity (Wildman–Crippen MR) is 104 cm³/mol. The number of rotatable bonds is 2. The number of carbonyl (C=O) groups is 2. The van der Waals surface area contributed by atoms with E-state index < -0.39 is 11.7 Å². The van der Waals surface area contributed by atoms with Crippen molar-refractivity contribution in [3.05, 3.63) is 65.5 Å². The minimum Gasteiger partial charge on any atom is -0.338 e. The maximum Gasteiger partial charge on any atom is 0.416 e. The first-order chi connectivity index (χ1) is 14.3. The van der Waals surface area contributed by atoms with E-state index in [2.05, 4.69) is 4.98 Å². The fraction of sp³-hybridized carbons (Fsp3) is 0.409. The topological polar surface area (TPSA) is 53.5 Å². The first-order valence-electron chi connectivity index (χ1n) is 10.0. The molecule has 0 aliphatic carbocycles. The highest BCUT2D eigenvalue weighted by molar-refractivity contribution is 5.94. The highest BCUT2D eigenvalue weighted by atomic mass is 19.4. The van der Waals surface area contributed by atoms with Gasteiger partial charge in [0.1, 0.15) is 5.69 Å². The summed E-state index contributed by atoms with van der Waals surface area (Å²) in [6, 6.07) is 9.64. The number of amides is 2. The van der Waals surface area contributed by atoms with Gasteiger partial charge in [0.15, 0.2) is 0 Å². The van der Waals surface area contributed by atoms with Crippen molar-refractivity contribution < 1.29 is 22.8 Å². The second-order valence-corrected chi connectivity index (χ2v) is 7.80. The molecule has 0 radical (unpaired) electrons. The zero-order chi connectivity index (χ0) is 21.3. The van der Waals surface area contributed by atoms with E-state index in [1.54, 1.807) is 29.3 Å². The quantitative estimate of drug-likeness (QED) is 0.746. The molecule has 2 atom stereocenters. The molecular weight excluding hydrogens is 395 g/mol. The van der Waals surface area contributed by atoms with E-state index in [4.69, 9.17) is 0 Å². The monoisotopic (exact) mass is 417 g/mol. The summed E-state index contributed by atoms with van der Waals surface area (Å²) < 4.78 is 38.3. The van der Waals surface area contributed by atoms with Crippen LogP contribution in [0.1, 0.15) is 45.7 Å². The molecule has 0 saturated carbocycles. The summed E-state index contributed by atoms with van der Waals surface area (Å²) in [5, 5.41) is 0. The van der Waals surface area contributed by atoms with E-state index in [0.29, 0.717) is 31.7 Å². The zero-order valence-corrected chi connectivity index (χ0v) is 16.3. The van der Waals surface area contributed by atoms with Crippen molar-refractivity contribution in [3.63, 3.8) is 0 Å². The van der Waals surface area contributed by atoms with Gasteiger partial charge >= 0.3 is 6.18 Å². The van der Waals surface area contributed by atoms with Crippen molar-refractivity contribution in [1.82, 2.24) is 14.8 Å². The predicted octanol–water partition coefficient (Wildman–Crippen LogP) is 3.87. The van der Waals surface area contributed by atoms with Crippen LogP contribution in [0.3, 0.4) is 0 Å². The third-order valence-electron chi connectivity index (χ3n) is 5.96. The van der Waals surface area contributed by atoms with Crippen LogP contribution in [0.4, 0.5) is 13.2 Å². The van der Waals surface area contributed by atoms with Gasteiger partial charge in [0.2, 0.25) is 0 Å². The molecule has 2 aliphatic rings. The lowest BCUT2D eigenvalue weighted by Crippen LogP contribution is -2.56. The second kappa shape index (κ2) is 8.08. The molecule has 1 aromatic heterocycles. The molecule has 0 N–H and O–H groups in total. The fourth-order valence-corrected chi connectivity index (χ4v) is 4.46. The number of hydrogen-bond acceptors (Lipinski definition) is 3. The lowest BCUT2D eigenvalue weighted by Gasteiger charge is -2.47. The van der Waals surface area contributed by atoms with Gasteiger partial charge in [-0.1, -0.05) is 6.07 Å². The number of pyridine rings is 1. The maximum atomic E-state index is 12.9. The lowest BCUT2D eigenvalue weighted by atomic mass is 9.83. The number of fused-ring (bicyclic) bond motifs is 1. The number of likely N-dealkylation sites (tertiary alicyclic amines) is 2. The number of benzene rings is 1. The number of alkyl halides is 3. The summed E-state index contributed by atoms with van der Waals surface area (Å²) in [4.78, 5) is 33.4. The standard InChI is InChI=1S/C22H22F3N3O2/c23-22(24,25)17-8-6-15(7-9-17)20(29)27-13-10-19-16(14-27)4-3-12-28(19)21(30)18-5-1-2-11-26-18/h1-2,5-9,11,16,19H,3-4,10,12-14H2/t16-,19+/m1/s1. The van der Waals surface area contributed by atoms with Gasteiger partial charge in [0, 0.05) is 37.4 Å². The molecule has 8 heteroatoms. The third-order valence-corrected chi connectivity index (χ3v) is 5.96. The van der Waals surface area contributed by atoms with Gasteiger partial charge in [0.25, 0.3) is 11.8 Å². The molecule has 5 nitrogen and oxygen atoms in total. The van der Waals surface area contributed by atoms with Gasteiger partial charge < -0.3 is 9.80 Å². The van der Waals surface area contributed by atoms with Crippen LogP contribution in [0, 0.1) is 5.92 Å². The Bertz CT molecular complexity index is 915. The van der Waals surface area contributed by atoms with Gasteiger partial charge in [-0.25, -0.2) is 0 Å². The average molecular weight is 417 g/mol. The van der Waals surface area contributed by atoms with Crippen LogP contribution in [0.5, 0.6) is 0 Å². The highest BCUT2D eigenvalue weighted by Gasteiger charge is 2.40. The molecule has 2 fully saturated rings. The van der Waals surface area contributed by atoms with Crippen molar-refractivity contribution in [2.75, 3.05) is 19.6 Å². The Balaban J connectivity index is 1.44. The molecular formula is C22H22F3N3O2. The molecule has 158 valence electrons. The van der Waals surface area contributed by atoms with Crippen LogP contribution in [-0.2, 0) is 6.18 Å². The van der Waals surface area contributed by atoms with Crippen molar-refractivity contribution in [1.29, 1.82) is 0 Å². The van der Waals surface area contributed by atoms with Crippen molar-refractivity contribution in [3.8, 4) is 0 Å². The smallest absolute Gasteiger partial charge is 0.338 e. The molecule has 30 heavy (non-hydrogen) atoms. The molecule has 2 amide bonds. The van der Waals surface area contributed by atoms with E-state index >= 15 is 0 Å². The summed E-state index contributed by atoms with van der Waals surface area (Å²) in [7, 11) is 0. The van der Waals surface area contributed by atoms with Gasteiger partial charge in [-0.2, -0.15) is 13.2 Å². The van der Waals surface area contributed by atoms with Crippen LogP contribution in [0.2, 0.25) is 0 Å². The van der Waals surface area contributed by atoms with Crippen molar-refractivity contribution in [2.45, 2.75) is 31.5 Å². The van der Waals surface area contributed by atoms with Crippen molar-refractivity contribution >= 4 is 11.8 Å². The van der Waals surface area contributed by atoms with E-state index in [9.17, 15) is 22.8 Å². The lowest BCUT2D eigenvalue weighted by molar-refractivity contribution is -0.137. The summed E-state index contributed by atoms with van der Waals surface area (Å²) in [5.41, 5.74) is -0.103. The number of hydrogen-bond donors (Lipinski definition) is 0. The van der Waals surface area contributed by atoms with Gasteiger partial charge in [-0.05, 0) is 61.6 Å². The minimum atomic E-state index is -4.42. The molecule has 2 aliphatic heterocycles. The first-order valence-corrected chi connectivity index (χ1v) is 10.0. The number of carbonyl (C=O) groups excluding carboxylic acids is 2. The second-order valence-electron chi connectivity index (χ2n) is 7.80. The van der Waals surface area contributed by atoms with Gasteiger partial charge in [-0.3, -0.25) is 14.6 Å². The summed E-state index contributed by atoms with van der Waals surface area (Å²) in [6.45, 7) is 1.63. The molecule has 4 rings (SSSR count). The third kappa shape index (κ3) is 4.04. The molecule has 3 heterocycles. The maximum absolute atomic E-state index is 12.9. The summed E-state index contributed by atoms with van der Waals surface area (Å²) >= 11 is 0. The van der Waals surface area contributed by atoms with Gasteiger partial charge in [0.05, 0.1) is 5.56 Å². The Morgan fingerprint density at radius 3 is 2.40 bits per heavy atom. The molecule has 0 unspecified atom stereocenters.